The Morgan fingerprint density at radius 2 is 2.26 bits per heavy atom. The zero-order valence-electron chi connectivity index (χ0n) is 9.93. The van der Waals surface area contributed by atoms with Crippen LogP contribution in [0.25, 0.3) is 5.65 Å². The summed E-state index contributed by atoms with van der Waals surface area (Å²) in [4.78, 5) is 4.36. The molecule has 0 radical (unpaired) electrons. The third-order valence-electron chi connectivity index (χ3n) is 2.56. The number of fused-ring (bicyclic) bond motifs is 1. The standard InChI is InChI=1S/C11H10BrClN6/c1-18-9(13)4-8(5-14-18)15-11-16-10-3-2-7(12)6-19(10)17-11/h2-6,14H,1H3,(H,15,17). The lowest BCUT2D eigenvalue weighted by Gasteiger charge is -2.22. The van der Waals surface area contributed by atoms with E-state index in [1.54, 1.807) is 21.8 Å². The highest BCUT2D eigenvalue weighted by Crippen LogP contribution is 2.16. The molecule has 0 saturated carbocycles. The Bertz CT molecular complexity index is 692. The van der Waals surface area contributed by atoms with Gasteiger partial charge >= 0.3 is 0 Å². The summed E-state index contributed by atoms with van der Waals surface area (Å²) in [7, 11) is 1.83. The van der Waals surface area contributed by atoms with Gasteiger partial charge in [-0.1, -0.05) is 11.6 Å². The van der Waals surface area contributed by atoms with Gasteiger partial charge in [0, 0.05) is 30.0 Å². The number of nitrogens with zero attached hydrogens (tertiary/aromatic N) is 4. The first-order valence-corrected chi connectivity index (χ1v) is 6.65. The Labute approximate surface area is 122 Å². The van der Waals surface area contributed by atoms with Crippen molar-refractivity contribution in [1.29, 1.82) is 0 Å². The van der Waals surface area contributed by atoms with E-state index in [4.69, 9.17) is 11.6 Å². The molecular weight excluding hydrogens is 332 g/mol. The molecule has 0 spiro atoms. The highest BCUT2D eigenvalue weighted by Gasteiger charge is 2.10. The molecule has 8 heteroatoms. The van der Waals surface area contributed by atoms with Gasteiger partial charge in [0.25, 0.3) is 0 Å². The molecule has 0 aliphatic carbocycles. The molecule has 2 aromatic rings. The van der Waals surface area contributed by atoms with Crippen molar-refractivity contribution < 1.29 is 0 Å². The number of rotatable bonds is 2. The summed E-state index contributed by atoms with van der Waals surface area (Å²) in [6, 6.07) is 3.80. The van der Waals surface area contributed by atoms with Gasteiger partial charge in [-0.25, -0.2) is 4.52 Å². The normalized spacial score (nSPS) is 15.0. The quantitative estimate of drug-likeness (QED) is 0.821. The average Bonchev–Trinajstić information content (AvgIpc) is 2.75. The third-order valence-corrected chi connectivity index (χ3v) is 3.39. The number of hydrogen-bond acceptors (Lipinski definition) is 5. The van der Waals surface area contributed by atoms with Gasteiger partial charge < -0.3 is 10.7 Å². The van der Waals surface area contributed by atoms with Crippen LogP contribution in [0.1, 0.15) is 0 Å². The van der Waals surface area contributed by atoms with E-state index in [2.05, 4.69) is 36.8 Å². The molecule has 3 rings (SSSR count). The van der Waals surface area contributed by atoms with Crippen molar-refractivity contribution in [2.24, 2.45) is 0 Å². The number of halogens is 2. The van der Waals surface area contributed by atoms with Gasteiger partial charge in [-0.2, -0.15) is 4.98 Å². The highest BCUT2D eigenvalue weighted by molar-refractivity contribution is 9.10. The largest absolute Gasteiger partial charge is 0.321 e. The van der Waals surface area contributed by atoms with Crippen LogP contribution in [0.5, 0.6) is 0 Å². The van der Waals surface area contributed by atoms with Gasteiger partial charge in [0.1, 0.15) is 5.16 Å². The van der Waals surface area contributed by atoms with Gasteiger partial charge in [0.15, 0.2) is 5.65 Å². The molecule has 0 fully saturated rings. The number of nitrogens with one attached hydrogen (secondary N) is 2. The van der Waals surface area contributed by atoms with Crippen LogP contribution in [0.3, 0.4) is 0 Å². The van der Waals surface area contributed by atoms with Gasteiger partial charge in [-0.15, -0.1) is 5.10 Å². The summed E-state index contributed by atoms with van der Waals surface area (Å²) in [6.07, 6.45) is 5.42. The van der Waals surface area contributed by atoms with Crippen LogP contribution in [-0.2, 0) is 0 Å². The monoisotopic (exact) mass is 340 g/mol. The smallest absolute Gasteiger partial charge is 0.247 e. The Morgan fingerprint density at radius 1 is 1.42 bits per heavy atom. The topological polar surface area (TPSA) is 57.5 Å². The fraction of sp³-hybridized carbons (Fsp3) is 0.0909. The number of pyridine rings is 1. The van der Waals surface area contributed by atoms with Crippen LogP contribution in [0.15, 0.2) is 45.9 Å². The van der Waals surface area contributed by atoms with Gasteiger partial charge in [0.05, 0.1) is 5.70 Å². The summed E-state index contributed by atoms with van der Waals surface area (Å²) < 4.78 is 2.64. The summed E-state index contributed by atoms with van der Waals surface area (Å²) in [5.41, 5.74) is 4.54. The molecule has 0 amide bonds. The van der Waals surface area contributed by atoms with E-state index in [1.165, 1.54) is 0 Å². The fourth-order valence-electron chi connectivity index (χ4n) is 1.61. The van der Waals surface area contributed by atoms with Crippen LogP contribution >= 0.6 is 27.5 Å². The summed E-state index contributed by atoms with van der Waals surface area (Å²) >= 11 is 9.41. The second kappa shape index (κ2) is 4.75. The van der Waals surface area contributed by atoms with Gasteiger partial charge in [0.2, 0.25) is 5.95 Å². The Morgan fingerprint density at radius 3 is 3.05 bits per heavy atom. The van der Waals surface area contributed by atoms with Crippen LogP contribution in [0, 0.1) is 0 Å². The molecule has 1 aliphatic heterocycles. The van der Waals surface area contributed by atoms with Crippen LogP contribution in [-0.4, -0.2) is 26.7 Å². The zero-order chi connectivity index (χ0) is 13.4. The predicted molar refractivity (Wildman–Crippen MR) is 77.2 cm³/mol. The SMILES string of the molecule is CN1NC=C(Nc2nc3ccc(Br)cn3n2)C=C1Cl. The lowest BCUT2D eigenvalue weighted by atomic mass is 10.4. The molecule has 2 N–H and O–H groups in total. The van der Waals surface area contributed by atoms with E-state index in [1.807, 2.05) is 25.4 Å². The Hall–Kier alpha value is -1.73. The van der Waals surface area contributed by atoms with Crippen LogP contribution in [0.2, 0.25) is 0 Å². The predicted octanol–water partition coefficient (Wildman–Crippen LogP) is 2.28. The lowest BCUT2D eigenvalue weighted by molar-refractivity contribution is 0.368. The summed E-state index contributed by atoms with van der Waals surface area (Å²) in [5, 5.41) is 9.69. The van der Waals surface area contributed by atoms with Crippen molar-refractivity contribution in [2.45, 2.75) is 0 Å². The van der Waals surface area contributed by atoms with Crippen LogP contribution in [0.4, 0.5) is 5.95 Å². The highest BCUT2D eigenvalue weighted by atomic mass is 79.9. The van der Waals surface area contributed by atoms with Crippen molar-refractivity contribution in [3.8, 4) is 0 Å². The molecule has 3 heterocycles. The van der Waals surface area contributed by atoms with Crippen molar-refractivity contribution >= 4 is 39.1 Å². The lowest BCUT2D eigenvalue weighted by Crippen LogP contribution is -2.31. The first-order valence-electron chi connectivity index (χ1n) is 5.48. The van der Waals surface area contributed by atoms with E-state index >= 15 is 0 Å². The maximum Gasteiger partial charge on any atom is 0.247 e. The molecule has 0 bridgehead atoms. The molecule has 0 saturated heterocycles. The zero-order valence-corrected chi connectivity index (χ0v) is 12.3. The molecule has 1 aliphatic rings. The molecule has 0 atom stereocenters. The minimum atomic E-state index is 0.511. The maximum absolute atomic E-state index is 6.02. The molecule has 0 aromatic carbocycles. The molecule has 19 heavy (non-hydrogen) atoms. The maximum atomic E-state index is 6.02. The number of hydrazine groups is 1. The first kappa shape index (κ1) is 12.3. The van der Waals surface area contributed by atoms with Crippen molar-refractivity contribution in [3.63, 3.8) is 0 Å². The van der Waals surface area contributed by atoms with E-state index < -0.39 is 0 Å². The van der Waals surface area contributed by atoms with E-state index in [0.717, 1.165) is 15.8 Å². The molecule has 6 nitrogen and oxygen atoms in total. The molecular formula is C11H10BrClN6. The average molecular weight is 342 g/mol. The van der Waals surface area contributed by atoms with E-state index in [9.17, 15) is 0 Å². The number of anilines is 1. The Kier molecular flexibility index (Phi) is 3.08. The van der Waals surface area contributed by atoms with Crippen molar-refractivity contribution in [1.82, 2.24) is 25.0 Å². The number of aromatic nitrogens is 3. The Balaban J connectivity index is 1.86. The number of hydrogen-bond donors (Lipinski definition) is 2. The summed E-state index contributed by atoms with van der Waals surface area (Å²) in [6.45, 7) is 0. The van der Waals surface area contributed by atoms with E-state index in [0.29, 0.717) is 11.1 Å². The van der Waals surface area contributed by atoms with Crippen molar-refractivity contribution in [2.75, 3.05) is 12.4 Å². The molecule has 98 valence electrons. The van der Waals surface area contributed by atoms with E-state index in [-0.39, 0.29) is 0 Å². The fourth-order valence-corrected chi connectivity index (χ4v) is 2.10. The third kappa shape index (κ3) is 2.52. The molecule has 2 aromatic heterocycles. The first-order chi connectivity index (χ1) is 9.11. The molecule has 0 unspecified atom stereocenters. The second-order valence-corrected chi connectivity index (χ2v) is 5.27. The van der Waals surface area contributed by atoms with Crippen molar-refractivity contribution in [3.05, 3.63) is 45.9 Å². The summed E-state index contributed by atoms with van der Waals surface area (Å²) in [5.74, 6) is 0.511. The van der Waals surface area contributed by atoms with Gasteiger partial charge in [-0.05, 0) is 28.1 Å². The van der Waals surface area contributed by atoms with Gasteiger partial charge in [-0.3, -0.25) is 5.01 Å². The second-order valence-electron chi connectivity index (χ2n) is 3.97. The number of allylic oxidation sites excluding steroid dienone is 1. The van der Waals surface area contributed by atoms with Crippen LogP contribution < -0.4 is 10.7 Å². The minimum absolute atomic E-state index is 0.511. The minimum Gasteiger partial charge on any atom is -0.321 e.